The summed E-state index contributed by atoms with van der Waals surface area (Å²) in [5, 5.41) is 21.0. The topological polar surface area (TPSA) is 40.5 Å². The number of fused-ring (bicyclic) bond motifs is 5. The third kappa shape index (κ3) is 1.64. The molecule has 0 bridgehead atoms. The first-order chi connectivity index (χ1) is 9.43. The highest BCUT2D eigenvalue weighted by molar-refractivity contribution is 5.08. The minimum atomic E-state index is -0.397. The van der Waals surface area contributed by atoms with Crippen molar-refractivity contribution in [3.8, 4) is 0 Å². The van der Waals surface area contributed by atoms with E-state index in [9.17, 15) is 10.2 Å². The SMILES string of the molecule is C[C@]12CC[C@@H]3[C@H]4CC[C@@](C)(O)[C@@H]4CC[C@H]3[C@@H]1CC[C@@H]2O. The van der Waals surface area contributed by atoms with Gasteiger partial charge in [0.1, 0.15) is 0 Å². The number of hydrogen-bond donors (Lipinski definition) is 2. The van der Waals surface area contributed by atoms with Crippen LogP contribution in [0, 0.1) is 35.0 Å². The van der Waals surface area contributed by atoms with Gasteiger partial charge in [-0.15, -0.1) is 0 Å². The van der Waals surface area contributed by atoms with Gasteiger partial charge in [-0.1, -0.05) is 6.92 Å². The van der Waals surface area contributed by atoms with Crippen LogP contribution in [0.3, 0.4) is 0 Å². The monoisotopic (exact) mass is 278 g/mol. The van der Waals surface area contributed by atoms with Gasteiger partial charge in [0.15, 0.2) is 0 Å². The summed E-state index contributed by atoms with van der Waals surface area (Å²) in [6.07, 6.45) is 9.50. The van der Waals surface area contributed by atoms with Gasteiger partial charge in [0.25, 0.3) is 0 Å². The summed E-state index contributed by atoms with van der Waals surface area (Å²) >= 11 is 0. The van der Waals surface area contributed by atoms with Crippen molar-refractivity contribution in [2.45, 2.75) is 76.9 Å². The van der Waals surface area contributed by atoms with E-state index in [4.69, 9.17) is 0 Å². The van der Waals surface area contributed by atoms with Gasteiger partial charge in [0.2, 0.25) is 0 Å². The van der Waals surface area contributed by atoms with Gasteiger partial charge in [-0.3, -0.25) is 0 Å². The van der Waals surface area contributed by atoms with Gasteiger partial charge < -0.3 is 10.2 Å². The third-order valence-corrected chi connectivity index (χ3v) is 8.10. The summed E-state index contributed by atoms with van der Waals surface area (Å²) in [5.41, 5.74) is -0.194. The third-order valence-electron chi connectivity index (χ3n) is 8.10. The lowest BCUT2D eigenvalue weighted by Crippen LogP contribution is -2.49. The van der Waals surface area contributed by atoms with E-state index in [2.05, 4.69) is 13.8 Å². The van der Waals surface area contributed by atoms with Crippen LogP contribution >= 0.6 is 0 Å². The van der Waals surface area contributed by atoms with E-state index in [1.165, 1.54) is 38.5 Å². The van der Waals surface area contributed by atoms with Crippen LogP contribution in [-0.4, -0.2) is 21.9 Å². The standard InChI is InChI=1S/C18H30O2/c1-17-9-7-11-12(14(17)5-6-16(17)19)3-4-15-13(11)8-10-18(15,2)20/h11-16,19-20H,3-10H2,1-2H3/t11-,12+,13+,14-,15+,16-,17-,18+/m0/s1. The Balaban J connectivity index is 1.61. The van der Waals surface area contributed by atoms with Gasteiger partial charge in [0, 0.05) is 0 Å². The van der Waals surface area contributed by atoms with Crippen LogP contribution in [0.2, 0.25) is 0 Å². The zero-order chi connectivity index (χ0) is 14.1. The van der Waals surface area contributed by atoms with Crippen molar-refractivity contribution in [2.24, 2.45) is 35.0 Å². The van der Waals surface area contributed by atoms with Crippen molar-refractivity contribution in [1.82, 2.24) is 0 Å². The largest absolute Gasteiger partial charge is 0.393 e. The smallest absolute Gasteiger partial charge is 0.0650 e. The molecule has 4 saturated carbocycles. The molecule has 8 atom stereocenters. The van der Waals surface area contributed by atoms with E-state index in [1.807, 2.05) is 0 Å². The van der Waals surface area contributed by atoms with E-state index in [-0.39, 0.29) is 11.5 Å². The summed E-state index contributed by atoms with van der Waals surface area (Å²) in [6, 6.07) is 0. The van der Waals surface area contributed by atoms with E-state index < -0.39 is 5.60 Å². The van der Waals surface area contributed by atoms with E-state index in [0.717, 1.165) is 36.5 Å². The lowest BCUT2D eigenvalue weighted by Gasteiger charge is -2.53. The fraction of sp³-hybridized carbons (Fsp3) is 1.00. The molecule has 2 N–H and O–H groups in total. The zero-order valence-corrected chi connectivity index (χ0v) is 13.0. The highest BCUT2D eigenvalue weighted by Gasteiger charge is 2.59. The molecule has 0 aliphatic heterocycles. The van der Waals surface area contributed by atoms with Gasteiger partial charge in [-0.25, -0.2) is 0 Å². The second-order valence-corrected chi connectivity index (χ2v) is 8.82. The molecule has 114 valence electrons. The van der Waals surface area contributed by atoms with Crippen molar-refractivity contribution in [2.75, 3.05) is 0 Å². The van der Waals surface area contributed by atoms with Crippen LogP contribution < -0.4 is 0 Å². The fourth-order valence-electron chi connectivity index (χ4n) is 6.95. The molecule has 4 aliphatic carbocycles. The highest BCUT2D eigenvalue weighted by Crippen LogP contribution is 2.64. The van der Waals surface area contributed by atoms with Crippen LogP contribution in [0.4, 0.5) is 0 Å². The van der Waals surface area contributed by atoms with Crippen molar-refractivity contribution in [1.29, 1.82) is 0 Å². The molecule has 4 rings (SSSR count). The molecular weight excluding hydrogens is 248 g/mol. The molecule has 2 heteroatoms. The lowest BCUT2D eigenvalue weighted by molar-refractivity contribution is -0.0908. The highest BCUT2D eigenvalue weighted by atomic mass is 16.3. The number of hydrogen-bond acceptors (Lipinski definition) is 2. The van der Waals surface area contributed by atoms with Crippen molar-refractivity contribution < 1.29 is 10.2 Å². The molecule has 0 saturated heterocycles. The molecule has 0 radical (unpaired) electrons. The van der Waals surface area contributed by atoms with Crippen LogP contribution in [0.5, 0.6) is 0 Å². The first-order valence-electron chi connectivity index (χ1n) is 8.84. The van der Waals surface area contributed by atoms with E-state index in [0.29, 0.717) is 5.92 Å². The minimum absolute atomic E-state index is 0.0575. The number of aliphatic hydroxyl groups is 2. The first-order valence-corrected chi connectivity index (χ1v) is 8.84. The van der Waals surface area contributed by atoms with E-state index >= 15 is 0 Å². The Morgan fingerprint density at radius 1 is 0.750 bits per heavy atom. The van der Waals surface area contributed by atoms with E-state index in [1.54, 1.807) is 0 Å². The fourth-order valence-corrected chi connectivity index (χ4v) is 6.95. The molecule has 0 heterocycles. The van der Waals surface area contributed by atoms with Crippen molar-refractivity contribution >= 4 is 0 Å². The van der Waals surface area contributed by atoms with Crippen molar-refractivity contribution in [3.63, 3.8) is 0 Å². The first kappa shape index (κ1) is 13.6. The Bertz CT molecular complexity index is 404. The van der Waals surface area contributed by atoms with Crippen molar-refractivity contribution in [3.05, 3.63) is 0 Å². The van der Waals surface area contributed by atoms with Gasteiger partial charge in [0.05, 0.1) is 11.7 Å². The lowest BCUT2D eigenvalue weighted by atomic mass is 9.52. The van der Waals surface area contributed by atoms with Crippen LogP contribution in [-0.2, 0) is 0 Å². The normalized spacial score (nSPS) is 61.8. The Labute approximate surface area is 123 Å². The van der Waals surface area contributed by atoms with Crippen LogP contribution in [0.1, 0.15) is 65.2 Å². The maximum Gasteiger partial charge on any atom is 0.0650 e. The Morgan fingerprint density at radius 2 is 1.40 bits per heavy atom. The Hall–Kier alpha value is -0.0800. The molecule has 20 heavy (non-hydrogen) atoms. The average Bonchev–Trinajstić information content (AvgIpc) is 2.88. The minimum Gasteiger partial charge on any atom is -0.393 e. The molecule has 4 aliphatic rings. The molecule has 0 spiro atoms. The van der Waals surface area contributed by atoms with Gasteiger partial charge >= 0.3 is 0 Å². The second kappa shape index (κ2) is 4.23. The molecule has 0 aromatic rings. The number of rotatable bonds is 0. The molecule has 4 fully saturated rings. The summed E-state index contributed by atoms with van der Waals surface area (Å²) in [5.74, 6) is 3.75. The quantitative estimate of drug-likeness (QED) is 0.713. The Morgan fingerprint density at radius 3 is 2.20 bits per heavy atom. The number of aliphatic hydroxyl groups excluding tert-OH is 1. The molecule has 0 amide bonds. The predicted molar refractivity (Wildman–Crippen MR) is 79.1 cm³/mol. The summed E-state index contributed by atoms with van der Waals surface area (Å²) in [7, 11) is 0. The summed E-state index contributed by atoms with van der Waals surface area (Å²) in [6.45, 7) is 4.42. The summed E-state index contributed by atoms with van der Waals surface area (Å²) in [4.78, 5) is 0. The van der Waals surface area contributed by atoms with Crippen LogP contribution in [0.15, 0.2) is 0 Å². The maximum atomic E-state index is 10.6. The molecule has 2 nitrogen and oxygen atoms in total. The van der Waals surface area contributed by atoms with Gasteiger partial charge in [-0.05, 0) is 93.3 Å². The second-order valence-electron chi connectivity index (χ2n) is 8.82. The molecular formula is C18H30O2. The molecule has 0 unspecified atom stereocenters. The molecule has 0 aromatic carbocycles. The predicted octanol–water partition coefficient (Wildman–Crippen LogP) is 3.36. The van der Waals surface area contributed by atoms with Crippen LogP contribution in [0.25, 0.3) is 0 Å². The average molecular weight is 278 g/mol. The summed E-state index contributed by atoms with van der Waals surface area (Å²) < 4.78 is 0. The Kier molecular flexibility index (Phi) is 2.87. The maximum absolute atomic E-state index is 10.6. The van der Waals surface area contributed by atoms with Gasteiger partial charge in [-0.2, -0.15) is 0 Å². The zero-order valence-electron chi connectivity index (χ0n) is 13.0. The molecule has 0 aromatic heterocycles.